The predicted molar refractivity (Wildman–Crippen MR) is 69.5 cm³/mol. The summed E-state index contributed by atoms with van der Waals surface area (Å²) in [5.74, 6) is 2.53. The molecule has 0 aliphatic carbocycles. The summed E-state index contributed by atoms with van der Waals surface area (Å²) >= 11 is 0. The summed E-state index contributed by atoms with van der Waals surface area (Å²) in [5, 5.41) is 0. The Morgan fingerprint density at radius 2 is 1.20 bits per heavy atom. The monoisotopic (exact) mass is 496 g/mol. The van der Waals surface area contributed by atoms with Gasteiger partial charge in [-0.15, -0.1) is 6.42 Å². The molecule has 1 rings (SSSR count). The Hall–Kier alpha value is 1.21. The van der Waals surface area contributed by atoms with Crippen molar-refractivity contribution in [2.24, 2.45) is 0 Å². The van der Waals surface area contributed by atoms with Crippen LogP contribution in [-0.2, 0) is 7.31 Å². The molecule has 0 aliphatic rings. The molecule has 0 saturated heterocycles. The fourth-order valence-corrected chi connectivity index (χ4v) is 0.534. The Labute approximate surface area is 111 Å². The van der Waals surface area contributed by atoms with Crippen LogP contribution in [0.3, 0.4) is 0 Å². The summed E-state index contributed by atoms with van der Waals surface area (Å²) < 4.78 is 0. The predicted octanol–water partition coefficient (Wildman–Crippen LogP) is 5.80. The van der Waals surface area contributed by atoms with Crippen LogP contribution in [0.15, 0.2) is 30.3 Å². The molecule has 0 nitrogen and oxygen atoms in total. The summed E-state index contributed by atoms with van der Waals surface area (Å²) in [5.41, 5.74) is 0.938. The Balaban J connectivity index is 0.000000265. The molecular weight excluding hydrogens is 493 g/mol. The third-order valence-electron chi connectivity index (χ3n) is 0.940. The second kappa shape index (κ2) is 4.83. The van der Waals surface area contributed by atoms with Crippen molar-refractivity contribution in [2.45, 2.75) is 0 Å². The number of rotatable bonds is 0. The molecule has 15 heavy (non-hydrogen) atoms. The van der Waals surface area contributed by atoms with Gasteiger partial charge in [-0.1, -0.05) is 24.1 Å². The van der Waals surface area contributed by atoms with Gasteiger partial charge >= 0.3 is 63.8 Å². The van der Waals surface area contributed by atoms with Gasteiger partial charge < -0.3 is 0 Å². The van der Waals surface area contributed by atoms with Gasteiger partial charge in [-0.2, -0.15) is 0 Å². The number of hydrogen-bond donors (Lipinski definition) is 0. The van der Waals surface area contributed by atoms with Gasteiger partial charge in [0.1, 0.15) is 0 Å². The second-order valence-electron chi connectivity index (χ2n) is 2.39. The molecule has 0 amide bonds. The van der Waals surface area contributed by atoms with Crippen LogP contribution in [0.5, 0.6) is 0 Å². The second-order valence-corrected chi connectivity index (χ2v) is 66.0. The van der Waals surface area contributed by atoms with Gasteiger partial charge in [0.25, 0.3) is 0 Å². The molecule has 0 N–H and O–H groups in total. The SMILES string of the molecule is C#Cc1ccccc1.[Cl][W]([Cl])([Cl])([Cl])([Cl])[Cl]. The van der Waals surface area contributed by atoms with Crippen LogP contribution < -0.4 is 0 Å². The average molecular weight is 499 g/mol. The van der Waals surface area contributed by atoms with Crippen molar-refractivity contribution >= 4 is 56.5 Å². The standard InChI is InChI=1S/C8H6.6ClH.W/c1-2-8-6-4-3-5-7-8;;;;;;;/h1,3-7H;6*1H;/q;;;;;;;+6/p-6. The van der Waals surface area contributed by atoms with Crippen LogP contribution >= 0.6 is 56.5 Å². The molecule has 0 fully saturated rings. The van der Waals surface area contributed by atoms with Gasteiger partial charge in [0.2, 0.25) is 0 Å². The van der Waals surface area contributed by atoms with Crippen molar-refractivity contribution in [2.75, 3.05) is 0 Å². The zero-order valence-corrected chi connectivity index (χ0v) is 14.6. The number of hydrogen-bond acceptors (Lipinski definition) is 0. The normalized spacial score (nSPS) is 15.0. The first-order valence-corrected chi connectivity index (χ1v) is 25.2. The topological polar surface area (TPSA) is 0 Å². The molecule has 0 unspecified atom stereocenters. The van der Waals surface area contributed by atoms with E-state index < -0.39 is 7.31 Å². The van der Waals surface area contributed by atoms with E-state index >= 15 is 0 Å². The van der Waals surface area contributed by atoms with Crippen LogP contribution in [0, 0.1) is 12.3 Å². The molecule has 0 aromatic heterocycles. The summed E-state index contributed by atoms with van der Waals surface area (Å²) in [6.45, 7) is 0. The fourth-order valence-electron chi connectivity index (χ4n) is 0.534. The van der Waals surface area contributed by atoms with Crippen molar-refractivity contribution in [3.8, 4) is 12.3 Å². The Kier molecular flexibility index (Phi) is 5.22. The average Bonchev–Trinajstić information content (AvgIpc) is 2.00. The maximum absolute atomic E-state index is 5.47. The van der Waals surface area contributed by atoms with Gasteiger partial charge in [-0.3, -0.25) is 0 Å². The molecule has 7 heteroatoms. The molecule has 0 bridgehead atoms. The number of terminal acetylenes is 1. The summed E-state index contributed by atoms with van der Waals surface area (Å²) in [4.78, 5) is 0. The van der Waals surface area contributed by atoms with Crippen molar-refractivity contribution in [1.82, 2.24) is 0 Å². The Bertz CT molecular complexity index is 345. The summed E-state index contributed by atoms with van der Waals surface area (Å²) in [6.07, 6.45) is 5.10. The first-order chi connectivity index (χ1) is 6.38. The van der Waals surface area contributed by atoms with Crippen LogP contribution in [0.1, 0.15) is 5.56 Å². The molecule has 1 aromatic rings. The maximum atomic E-state index is 5.10. The van der Waals surface area contributed by atoms with Crippen molar-refractivity contribution in [3.63, 3.8) is 0 Å². The van der Waals surface area contributed by atoms with Gasteiger partial charge in [0.05, 0.1) is 0 Å². The van der Waals surface area contributed by atoms with E-state index in [1.54, 1.807) is 0 Å². The van der Waals surface area contributed by atoms with E-state index in [2.05, 4.69) is 5.92 Å². The molecule has 0 atom stereocenters. The molecule has 86 valence electrons. The molecule has 0 saturated carbocycles. The van der Waals surface area contributed by atoms with E-state index in [0.29, 0.717) is 0 Å². The third-order valence-corrected chi connectivity index (χ3v) is 0.940. The molecule has 0 spiro atoms. The fraction of sp³-hybridized carbons (Fsp3) is 0. The first-order valence-electron chi connectivity index (χ1n) is 3.38. The van der Waals surface area contributed by atoms with Crippen LogP contribution in [-0.4, -0.2) is 0 Å². The van der Waals surface area contributed by atoms with Crippen LogP contribution in [0.25, 0.3) is 0 Å². The van der Waals surface area contributed by atoms with Crippen LogP contribution in [0.2, 0.25) is 0 Å². The minimum absolute atomic E-state index is 0.938. The Morgan fingerprint density at radius 3 is 1.40 bits per heavy atom. The zero-order chi connectivity index (χ0) is 12.2. The van der Waals surface area contributed by atoms with Gasteiger partial charge in [0.15, 0.2) is 0 Å². The number of benzene rings is 1. The summed E-state index contributed by atoms with van der Waals surface area (Å²) in [7, 11) is 24.9. The third kappa shape index (κ3) is 21.1. The minimum atomic E-state index is -5.47. The molecule has 1 aromatic carbocycles. The van der Waals surface area contributed by atoms with E-state index in [9.17, 15) is 0 Å². The zero-order valence-electron chi connectivity index (χ0n) is 7.14. The van der Waals surface area contributed by atoms with Gasteiger partial charge in [-0.05, 0) is 12.1 Å². The molecule has 0 radical (unpaired) electrons. The Morgan fingerprint density at radius 1 is 0.867 bits per heavy atom. The number of halogens is 6. The quantitative estimate of drug-likeness (QED) is 0.397. The van der Waals surface area contributed by atoms with E-state index in [1.165, 1.54) is 0 Å². The van der Waals surface area contributed by atoms with Crippen molar-refractivity contribution in [3.05, 3.63) is 35.9 Å². The summed E-state index contributed by atoms with van der Waals surface area (Å²) in [6, 6.07) is 9.60. The molecular formula is C8H6Cl6W. The van der Waals surface area contributed by atoms with E-state index in [1.807, 2.05) is 30.3 Å². The van der Waals surface area contributed by atoms with E-state index in [0.717, 1.165) is 5.56 Å². The van der Waals surface area contributed by atoms with Crippen LogP contribution in [0.4, 0.5) is 0 Å². The van der Waals surface area contributed by atoms with Gasteiger partial charge in [0, 0.05) is 5.56 Å². The van der Waals surface area contributed by atoms with E-state index in [-0.39, 0.29) is 0 Å². The van der Waals surface area contributed by atoms with Crippen molar-refractivity contribution < 1.29 is 7.31 Å². The van der Waals surface area contributed by atoms with Crippen molar-refractivity contribution in [1.29, 1.82) is 0 Å². The molecule has 0 heterocycles. The molecule has 0 aliphatic heterocycles. The first kappa shape index (κ1) is 16.2. The van der Waals surface area contributed by atoms with Gasteiger partial charge in [-0.25, -0.2) is 0 Å². The van der Waals surface area contributed by atoms with E-state index in [4.69, 9.17) is 62.9 Å².